The number of anilines is 1. The van der Waals surface area contributed by atoms with Gasteiger partial charge in [-0.25, -0.2) is 0 Å². The van der Waals surface area contributed by atoms with Gasteiger partial charge in [0.25, 0.3) is 5.56 Å². The molecule has 3 saturated heterocycles. The van der Waals surface area contributed by atoms with E-state index in [1.807, 2.05) is 59.2 Å². The zero-order chi connectivity index (χ0) is 27.8. The molecule has 0 aliphatic carbocycles. The number of hydrogen-bond donors (Lipinski definition) is 0. The van der Waals surface area contributed by atoms with Crippen LogP contribution in [0.1, 0.15) is 22.9 Å². The molecule has 0 N–H and O–H groups in total. The van der Waals surface area contributed by atoms with Crippen molar-refractivity contribution in [3.63, 3.8) is 0 Å². The summed E-state index contributed by atoms with van der Waals surface area (Å²) in [5, 5.41) is 0. The number of likely N-dealkylation sites (N-methyl/N-ethyl adjacent to an activating group) is 1. The lowest BCUT2D eigenvalue weighted by Crippen LogP contribution is -2.46. The van der Waals surface area contributed by atoms with Gasteiger partial charge in [-0.3, -0.25) is 9.36 Å². The molecule has 7 rings (SSSR count). The summed E-state index contributed by atoms with van der Waals surface area (Å²) in [5.74, 6) is 0.638. The molecule has 0 spiro atoms. The van der Waals surface area contributed by atoms with E-state index < -0.39 is 5.60 Å². The Kier molecular flexibility index (Phi) is 6.92. The largest absolute Gasteiger partial charge is 0.362 e. The number of rotatable bonds is 8. The molecule has 0 unspecified atom stereocenters. The van der Waals surface area contributed by atoms with Gasteiger partial charge in [0.15, 0.2) is 6.23 Å². The number of benzene rings is 3. The highest BCUT2D eigenvalue weighted by molar-refractivity contribution is 5.47. The SMILES string of the molecule is CN1CCN(c2nc(=O)ccn2[C@@H]2O[C@H](COC(c3ccccc3)(c3ccccc3)c3ccccc3)[C@@H]3O[C@@H]32)CC1. The third kappa shape index (κ3) is 4.87. The fourth-order valence-corrected chi connectivity index (χ4v) is 6.18. The zero-order valence-electron chi connectivity index (χ0n) is 23.1. The minimum absolute atomic E-state index is 0.0835. The number of piperazine rings is 1. The van der Waals surface area contributed by atoms with E-state index in [0.29, 0.717) is 12.6 Å². The fraction of sp³-hybridized carbons (Fsp3) is 0.333. The van der Waals surface area contributed by atoms with Crippen molar-refractivity contribution in [1.82, 2.24) is 14.5 Å². The van der Waals surface area contributed by atoms with Gasteiger partial charge in [-0.1, -0.05) is 91.0 Å². The second-order valence-electron chi connectivity index (χ2n) is 11.0. The Morgan fingerprint density at radius 3 is 1.90 bits per heavy atom. The van der Waals surface area contributed by atoms with Crippen molar-refractivity contribution >= 4 is 5.95 Å². The summed E-state index contributed by atoms with van der Waals surface area (Å²) in [6.07, 6.45) is 0.937. The topological polar surface area (TPSA) is 72.4 Å². The van der Waals surface area contributed by atoms with Crippen molar-refractivity contribution in [3.05, 3.63) is 130 Å². The maximum absolute atomic E-state index is 12.3. The molecule has 0 bridgehead atoms. The second-order valence-corrected chi connectivity index (χ2v) is 11.0. The average Bonchev–Trinajstić information content (AvgIpc) is 3.74. The van der Waals surface area contributed by atoms with Gasteiger partial charge in [-0.05, 0) is 23.7 Å². The van der Waals surface area contributed by atoms with Crippen LogP contribution in [0.2, 0.25) is 0 Å². The summed E-state index contributed by atoms with van der Waals surface area (Å²) < 4.78 is 21.8. The first kappa shape index (κ1) is 26.1. The lowest BCUT2D eigenvalue weighted by atomic mass is 9.80. The van der Waals surface area contributed by atoms with Crippen LogP contribution in [0, 0.1) is 0 Å². The van der Waals surface area contributed by atoms with Gasteiger partial charge in [0, 0.05) is 38.4 Å². The maximum Gasteiger partial charge on any atom is 0.274 e. The molecule has 41 heavy (non-hydrogen) atoms. The zero-order valence-corrected chi connectivity index (χ0v) is 23.1. The van der Waals surface area contributed by atoms with Crippen LogP contribution >= 0.6 is 0 Å². The average molecular weight is 551 g/mol. The number of hydrogen-bond acceptors (Lipinski definition) is 7. The van der Waals surface area contributed by atoms with Gasteiger partial charge in [0.05, 0.1) is 6.61 Å². The Bertz CT molecular complexity index is 1430. The number of aromatic nitrogens is 2. The van der Waals surface area contributed by atoms with Crippen LogP contribution in [-0.2, 0) is 19.8 Å². The highest BCUT2D eigenvalue weighted by atomic mass is 16.7. The molecule has 210 valence electrons. The highest BCUT2D eigenvalue weighted by Crippen LogP contribution is 2.47. The molecule has 3 aliphatic rings. The maximum atomic E-state index is 12.3. The first-order valence-corrected chi connectivity index (χ1v) is 14.3. The molecule has 0 radical (unpaired) electrons. The Labute approximate surface area is 239 Å². The van der Waals surface area contributed by atoms with Crippen LogP contribution < -0.4 is 10.5 Å². The van der Waals surface area contributed by atoms with Gasteiger partial charge in [0.2, 0.25) is 5.95 Å². The normalized spacial score (nSPS) is 24.3. The van der Waals surface area contributed by atoms with Crippen LogP contribution in [0.3, 0.4) is 0 Å². The van der Waals surface area contributed by atoms with Gasteiger partial charge in [-0.2, -0.15) is 4.98 Å². The Morgan fingerprint density at radius 2 is 1.34 bits per heavy atom. The van der Waals surface area contributed by atoms with Gasteiger partial charge < -0.3 is 24.0 Å². The van der Waals surface area contributed by atoms with E-state index in [4.69, 9.17) is 14.2 Å². The first-order valence-electron chi connectivity index (χ1n) is 14.3. The van der Waals surface area contributed by atoms with Gasteiger partial charge >= 0.3 is 0 Å². The molecule has 0 amide bonds. The van der Waals surface area contributed by atoms with E-state index in [9.17, 15) is 4.79 Å². The molecule has 0 saturated carbocycles. The van der Waals surface area contributed by atoms with Crippen molar-refractivity contribution in [2.75, 3.05) is 44.7 Å². The molecule has 3 fully saturated rings. The summed E-state index contributed by atoms with van der Waals surface area (Å²) >= 11 is 0. The quantitative estimate of drug-likeness (QED) is 0.245. The van der Waals surface area contributed by atoms with Crippen molar-refractivity contribution in [2.45, 2.75) is 30.1 Å². The van der Waals surface area contributed by atoms with Crippen molar-refractivity contribution < 1.29 is 14.2 Å². The molecule has 3 aromatic carbocycles. The first-order chi connectivity index (χ1) is 20.1. The molecule has 4 heterocycles. The van der Waals surface area contributed by atoms with Crippen molar-refractivity contribution in [1.29, 1.82) is 0 Å². The van der Waals surface area contributed by atoms with E-state index in [-0.39, 0.29) is 30.1 Å². The number of ether oxygens (including phenoxy) is 3. The summed E-state index contributed by atoms with van der Waals surface area (Å²) in [6.45, 7) is 3.75. The van der Waals surface area contributed by atoms with E-state index in [1.54, 1.807) is 6.20 Å². The highest BCUT2D eigenvalue weighted by Gasteiger charge is 2.59. The molecule has 3 aliphatic heterocycles. The Morgan fingerprint density at radius 1 is 0.780 bits per heavy atom. The molecule has 4 atom stereocenters. The summed E-state index contributed by atoms with van der Waals surface area (Å²) in [6, 6.07) is 32.5. The molecular formula is C33H34N4O4. The van der Waals surface area contributed by atoms with Crippen LogP contribution in [0.25, 0.3) is 0 Å². The third-order valence-electron chi connectivity index (χ3n) is 8.41. The minimum Gasteiger partial charge on any atom is -0.362 e. The lowest BCUT2D eigenvalue weighted by molar-refractivity contribution is -0.116. The Hall–Kier alpha value is -3.82. The summed E-state index contributed by atoms with van der Waals surface area (Å²) in [5.41, 5.74) is 2.05. The molecule has 4 aromatic rings. The molecular weight excluding hydrogens is 516 g/mol. The van der Waals surface area contributed by atoms with E-state index >= 15 is 0 Å². The van der Waals surface area contributed by atoms with Gasteiger partial charge in [0.1, 0.15) is 23.9 Å². The number of epoxide rings is 1. The molecule has 8 nitrogen and oxygen atoms in total. The van der Waals surface area contributed by atoms with Crippen LogP contribution in [-0.4, -0.2) is 72.6 Å². The number of nitrogens with zero attached hydrogens (tertiary/aromatic N) is 4. The molecule has 8 heteroatoms. The predicted molar refractivity (Wildman–Crippen MR) is 156 cm³/mol. The standard InChI is InChI=1S/C33H34N4O4/c1-35-19-21-36(22-20-35)32-34-28(38)17-18-37(32)31-30-29(41-30)27(40-31)23-39-33(24-11-5-2-6-12-24,25-13-7-3-8-14-25)26-15-9-4-10-16-26/h2-18,27,29-31H,19-23H2,1H3/t27-,29+,30+,31-/m1/s1. The molecule has 1 aromatic heterocycles. The van der Waals surface area contributed by atoms with Crippen molar-refractivity contribution in [3.8, 4) is 0 Å². The van der Waals surface area contributed by atoms with Crippen LogP contribution in [0.5, 0.6) is 0 Å². The monoisotopic (exact) mass is 550 g/mol. The van der Waals surface area contributed by atoms with Crippen molar-refractivity contribution in [2.24, 2.45) is 0 Å². The lowest BCUT2D eigenvalue weighted by Gasteiger charge is -2.37. The minimum atomic E-state index is -0.834. The smallest absolute Gasteiger partial charge is 0.274 e. The summed E-state index contributed by atoms with van der Waals surface area (Å²) in [7, 11) is 2.11. The van der Waals surface area contributed by atoms with Crippen LogP contribution in [0.15, 0.2) is 108 Å². The predicted octanol–water partition coefficient (Wildman–Crippen LogP) is 3.67. The third-order valence-corrected chi connectivity index (χ3v) is 8.41. The summed E-state index contributed by atoms with van der Waals surface area (Å²) in [4.78, 5) is 21.1. The van der Waals surface area contributed by atoms with E-state index in [2.05, 4.69) is 58.2 Å². The van der Waals surface area contributed by atoms with E-state index in [0.717, 1.165) is 42.9 Å². The van der Waals surface area contributed by atoms with E-state index in [1.165, 1.54) is 6.07 Å². The van der Waals surface area contributed by atoms with Gasteiger partial charge in [-0.15, -0.1) is 0 Å². The Balaban J connectivity index is 1.19. The second kappa shape index (κ2) is 10.9. The number of fused-ring (bicyclic) bond motifs is 1. The fourth-order valence-electron chi connectivity index (χ4n) is 6.18. The van der Waals surface area contributed by atoms with Crippen LogP contribution in [0.4, 0.5) is 5.95 Å².